The molecule has 0 spiro atoms. The molecule has 0 fully saturated rings. The number of carboxylic acid groups (broad SMARTS) is 1. The molecule has 0 atom stereocenters. The van der Waals surface area contributed by atoms with E-state index in [-0.39, 0.29) is 19.0 Å². The van der Waals surface area contributed by atoms with Crippen molar-refractivity contribution in [2.24, 2.45) is 0 Å². The fraction of sp³-hybridized carbons (Fsp3) is 0.182. The third-order valence-electron chi connectivity index (χ3n) is 1.65. The van der Waals surface area contributed by atoms with Gasteiger partial charge in [0.25, 0.3) is 0 Å². The van der Waals surface area contributed by atoms with Gasteiger partial charge in [-0.1, -0.05) is 42.5 Å². The summed E-state index contributed by atoms with van der Waals surface area (Å²) in [7, 11) is 0. The standard InChI is InChI=1S/C11H13NO2.ClH/c13-11(14)9-12-8-4-7-10-5-2-1-3-6-10;/h1-7,12H,8-9H2,(H,13,14);1H/b7-4+;. The molecule has 1 aromatic rings. The first-order chi connectivity index (χ1) is 6.79. The van der Waals surface area contributed by atoms with E-state index in [1.54, 1.807) is 0 Å². The molecule has 0 saturated heterocycles. The van der Waals surface area contributed by atoms with E-state index in [1.165, 1.54) is 0 Å². The van der Waals surface area contributed by atoms with Crippen LogP contribution >= 0.6 is 12.4 Å². The van der Waals surface area contributed by atoms with E-state index in [0.717, 1.165) is 5.56 Å². The Morgan fingerprint density at radius 3 is 2.60 bits per heavy atom. The van der Waals surface area contributed by atoms with Gasteiger partial charge in [-0.25, -0.2) is 0 Å². The lowest BCUT2D eigenvalue weighted by Gasteiger charge is -1.95. The largest absolute Gasteiger partial charge is 0.480 e. The van der Waals surface area contributed by atoms with Gasteiger partial charge < -0.3 is 10.4 Å². The summed E-state index contributed by atoms with van der Waals surface area (Å²) in [6.07, 6.45) is 3.85. The first kappa shape index (κ1) is 13.7. The highest BCUT2D eigenvalue weighted by molar-refractivity contribution is 5.85. The Hall–Kier alpha value is -1.32. The summed E-state index contributed by atoms with van der Waals surface area (Å²) in [5, 5.41) is 11.1. The molecule has 1 aromatic carbocycles. The van der Waals surface area contributed by atoms with Crippen LogP contribution < -0.4 is 5.32 Å². The number of carbonyl (C=O) groups is 1. The molecular formula is C11H14ClNO2. The third kappa shape index (κ3) is 6.71. The minimum Gasteiger partial charge on any atom is -0.480 e. The molecule has 1 rings (SSSR count). The highest BCUT2D eigenvalue weighted by atomic mass is 35.5. The number of aliphatic carboxylic acids is 1. The lowest BCUT2D eigenvalue weighted by molar-refractivity contribution is -0.135. The van der Waals surface area contributed by atoms with Gasteiger partial charge in [-0.2, -0.15) is 0 Å². The predicted molar refractivity (Wildman–Crippen MR) is 63.2 cm³/mol. The molecule has 4 heteroatoms. The maximum Gasteiger partial charge on any atom is 0.317 e. The van der Waals surface area contributed by atoms with Crippen LogP contribution in [0, 0.1) is 0 Å². The Balaban J connectivity index is 0.00000196. The van der Waals surface area contributed by atoms with Crippen LogP contribution in [0.25, 0.3) is 6.08 Å². The number of carboxylic acids is 1. The van der Waals surface area contributed by atoms with Crippen molar-refractivity contribution in [1.29, 1.82) is 0 Å². The molecule has 82 valence electrons. The zero-order valence-corrected chi connectivity index (χ0v) is 9.04. The van der Waals surface area contributed by atoms with Crippen molar-refractivity contribution < 1.29 is 9.90 Å². The van der Waals surface area contributed by atoms with Crippen LogP contribution in [0.2, 0.25) is 0 Å². The topological polar surface area (TPSA) is 49.3 Å². The van der Waals surface area contributed by atoms with Crippen LogP contribution in [0.4, 0.5) is 0 Å². The number of rotatable bonds is 5. The minimum absolute atomic E-state index is 0. The number of nitrogens with one attached hydrogen (secondary N) is 1. The Bertz CT molecular complexity index is 312. The molecule has 0 heterocycles. The van der Waals surface area contributed by atoms with Crippen LogP contribution in [-0.2, 0) is 4.79 Å². The maximum absolute atomic E-state index is 10.1. The lowest BCUT2D eigenvalue weighted by Crippen LogP contribution is -2.22. The number of halogens is 1. The van der Waals surface area contributed by atoms with Gasteiger partial charge in [0, 0.05) is 6.54 Å². The van der Waals surface area contributed by atoms with Gasteiger partial charge >= 0.3 is 5.97 Å². The molecule has 0 bridgehead atoms. The zero-order valence-electron chi connectivity index (χ0n) is 8.22. The van der Waals surface area contributed by atoms with Crippen LogP contribution in [0.15, 0.2) is 36.4 Å². The molecular weight excluding hydrogens is 214 g/mol. The number of hydrogen-bond acceptors (Lipinski definition) is 2. The molecule has 0 aliphatic carbocycles. The summed E-state index contributed by atoms with van der Waals surface area (Å²) in [4.78, 5) is 10.1. The third-order valence-corrected chi connectivity index (χ3v) is 1.65. The summed E-state index contributed by atoms with van der Waals surface area (Å²) in [5.41, 5.74) is 1.12. The van der Waals surface area contributed by atoms with Crippen LogP contribution in [0.5, 0.6) is 0 Å². The van der Waals surface area contributed by atoms with Crippen LogP contribution in [0.1, 0.15) is 5.56 Å². The molecule has 0 aliphatic heterocycles. The molecule has 15 heavy (non-hydrogen) atoms. The molecule has 0 saturated carbocycles. The molecule has 0 aromatic heterocycles. The van der Waals surface area contributed by atoms with Gasteiger partial charge in [-0.3, -0.25) is 4.79 Å². The SMILES string of the molecule is Cl.O=C(O)CNC/C=C/c1ccccc1. The van der Waals surface area contributed by atoms with E-state index < -0.39 is 5.97 Å². The van der Waals surface area contributed by atoms with Crippen molar-refractivity contribution >= 4 is 24.5 Å². The van der Waals surface area contributed by atoms with Crippen molar-refractivity contribution in [2.75, 3.05) is 13.1 Å². The molecule has 3 nitrogen and oxygen atoms in total. The van der Waals surface area contributed by atoms with E-state index in [0.29, 0.717) is 6.54 Å². The molecule has 0 unspecified atom stereocenters. The van der Waals surface area contributed by atoms with Gasteiger partial charge in [0.05, 0.1) is 6.54 Å². The van der Waals surface area contributed by atoms with E-state index in [4.69, 9.17) is 5.11 Å². The van der Waals surface area contributed by atoms with Crippen molar-refractivity contribution in [3.8, 4) is 0 Å². The molecule has 0 radical (unpaired) electrons. The second-order valence-electron chi connectivity index (χ2n) is 2.84. The van der Waals surface area contributed by atoms with Gasteiger partial charge in [-0.15, -0.1) is 12.4 Å². The van der Waals surface area contributed by atoms with Crippen molar-refractivity contribution in [2.45, 2.75) is 0 Å². The Kier molecular flexibility index (Phi) is 7.32. The normalized spacial score (nSPS) is 9.87. The van der Waals surface area contributed by atoms with Crippen molar-refractivity contribution in [1.82, 2.24) is 5.32 Å². The van der Waals surface area contributed by atoms with E-state index in [9.17, 15) is 4.79 Å². The predicted octanol–water partition coefficient (Wildman–Crippen LogP) is 1.80. The van der Waals surface area contributed by atoms with Gasteiger partial charge in [0.1, 0.15) is 0 Å². The van der Waals surface area contributed by atoms with Crippen molar-refractivity contribution in [3.05, 3.63) is 42.0 Å². The minimum atomic E-state index is -0.835. The summed E-state index contributed by atoms with van der Waals surface area (Å²) < 4.78 is 0. The summed E-state index contributed by atoms with van der Waals surface area (Å²) >= 11 is 0. The highest BCUT2D eigenvalue weighted by Gasteiger charge is 1.91. The Labute approximate surface area is 95.2 Å². The fourth-order valence-electron chi connectivity index (χ4n) is 1.02. The van der Waals surface area contributed by atoms with Crippen molar-refractivity contribution in [3.63, 3.8) is 0 Å². The van der Waals surface area contributed by atoms with Crippen LogP contribution in [-0.4, -0.2) is 24.2 Å². The second kappa shape index (κ2) is 8.03. The first-order valence-electron chi connectivity index (χ1n) is 4.43. The summed E-state index contributed by atoms with van der Waals surface area (Å²) in [6.45, 7) is 0.570. The molecule has 2 N–H and O–H groups in total. The maximum atomic E-state index is 10.1. The first-order valence-corrected chi connectivity index (χ1v) is 4.43. The van der Waals surface area contributed by atoms with Gasteiger partial charge in [-0.05, 0) is 5.56 Å². The summed E-state index contributed by atoms with van der Waals surface area (Å²) in [6, 6.07) is 9.87. The highest BCUT2D eigenvalue weighted by Crippen LogP contribution is 1.99. The number of benzene rings is 1. The Morgan fingerprint density at radius 1 is 1.33 bits per heavy atom. The average Bonchev–Trinajstić information content (AvgIpc) is 2.18. The monoisotopic (exact) mass is 227 g/mol. The van der Waals surface area contributed by atoms with E-state index in [2.05, 4.69) is 5.32 Å². The number of hydrogen-bond donors (Lipinski definition) is 2. The molecule has 0 amide bonds. The Morgan fingerprint density at radius 2 is 2.00 bits per heavy atom. The molecule has 0 aliphatic rings. The smallest absolute Gasteiger partial charge is 0.317 e. The average molecular weight is 228 g/mol. The second-order valence-corrected chi connectivity index (χ2v) is 2.84. The van der Waals surface area contributed by atoms with Crippen LogP contribution in [0.3, 0.4) is 0 Å². The lowest BCUT2D eigenvalue weighted by atomic mass is 10.2. The van der Waals surface area contributed by atoms with Gasteiger partial charge in [0.2, 0.25) is 0 Å². The van der Waals surface area contributed by atoms with Gasteiger partial charge in [0.15, 0.2) is 0 Å². The summed E-state index contributed by atoms with van der Waals surface area (Å²) in [5.74, 6) is -0.835. The quantitative estimate of drug-likeness (QED) is 0.755. The zero-order chi connectivity index (χ0) is 10.2. The van der Waals surface area contributed by atoms with E-state index >= 15 is 0 Å². The van der Waals surface area contributed by atoms with E-state index in [1.807, 2.05) is 42.5 Å². The fourth-order valence-corrected chi connectivity index (χ4v) is 1.02.